The van der Waals surface area contributed by atoms with Gasteiger partial charge in [0.25, 0.3) is 5.91 Å². The van der Waals surface area contributed by atoms with Crippen molar-refractivity contribution in [1.29, 1.82) is 0 Å². The van der Waals surface area contributed by atoms with Crippen LogP contribution in [-0.4, -0.2) is 30.2 Å². The lowest BCUT2D eigenvalue weighted by Gasteiger charge is -2.30. The van der Waals surface area contributed by atoms with Crippen LogP contribution in [0.5, 0.6) is 0 Å². The fourth-order valence-corrected chi connectivity index (χ4v) is 4.87. The molecule has 3 rings (SSSR count). The maximum Gasteiger partial charge on any atom is 0.252 e. The predicted octanol–water partition coefficient (Wildman–Crippen LogP) is 3.51. The summed E-state index contributed by atoms with van der Waals surface area (Å²) in [6.07, 6.45) is 6.12. The Morgan fingerprint density at radius 2 is 1.93 bits per heavy atom. The number of rotatable bonds is 7. The van der Waals surface area contributed by atoms with Gasteiger partial charge in [0.05, 0.1) is 5.75 Å². The summed E-state index contributed by atoms with van der Waals surface area (Å²) in [5.74, 6) is 0.713. The van der Waals surface area contributed by atoms with Crippen molar-refractivity contribution in [2.24, 2.45) is 0 Å². The first-order valence-corrected chi connectivity index (χ1v) is 11.7. The van der Waals surface area contributed by atoms with E-state index in [1.807, 2.05) is 0 Å². The lowest BCUT2D eigenvalue weighted by molar-refractivity contribution is 0.0876. The minimum atomic E-state index is -3.43. The maximum atomic E-state index is 13.1. The molecule has 0 saturated heterocycles. The van der Waals surface area contributed by atoms with E-state index >= 15 is 0 Å². The number of nitrogens with one attached hydrogen (secondary N) is 2. The van der Waals surface area contributed by atoms with E-state index in [1.54, 1.807) is 38.1 Å². The molecule has 0 spiro atoms. The number of nitrogens with zero attached hydrogens (tertiary/aromatic N) is 2. The maximum absolute atomic E-state index is 13.1. The van der Waals surface area contributed by atoms with Gasteiger partial charge in [0, 0.05) is 18.2 Å². The first kappa shape index (κ1) is 21.3. The third kappa shape index (κ3) is 5.35. The minimum Gasteiger partial charge on any atom is -0.340 e. The van der Waals surface area contributed by atoms with Crippen LogP contribution in [0.15, 0.2) is 28.8 Å². The number of hydrogen-bond acceptors (Lipinski definition) is 6. The molecule has 1 aromatic heterocycles. The monoisotopic (exact) mass is 420 g/mol. The second-order valence-electron chi connectivity index (χ2n) is 7.59. The Bertz CT molecular complexity index is 947. The molecule has 1 aromatic carbocycles. The van der Waals surface area contributed by atoms with E-state index in [9.17, 15) is 13.2 Å². The van der Waals surface area contributed by atoms with Crippen molar-refractivity contribution in [2.75, 3.05) is 10.5 Å². The van der Waals surface area contributed by atoms with Crippen molar-refractivity contribution in [1.82, 2.24) is 15.5 Å². The van der Waals surface area contributed by atoms with Crippen molar-refractivity contribution in [3.63, 3.8) is 0 Å². The number of carbonyl (C=O) groups is 1. The normalized spacial score (nSPS) is 16.8. The highest BCUT2D eigenvalue weighted by atomic mass is 32.2. The third-order valence-corrected chi connectivity index (χ3v) is 6.63. The average Bonchev–Trinajstić information content (AvgIpc) is 2.97. The second-order valence-corrected chi connectivity index (χ2v) is 9.43. The Kier molecular flexibility index (Phi) is 6.56. The number of carbonyl (C=O) groups excluding carboxylic acids is 1. The Morgan fingerprint density at radius 3 is 2.55 bits per heavy atom. The van der Waals surface area contributed by atoms with E-state index in [1.165, 1.54) is 0 Å². The van der Waals surface area contributed by atoms with Crippen molar-refractivity contribution < 1.29 is 17.7 Å². The van der Waals surface area contributed by atoms with Crippen molar-refractivity contribution in [3.05, 3.63) is 41.5 Å². The lowest BCUT2D eigenvalue weighted by Crippen LogP contribution is -2.46. The predicted molar refractivity (Wildman–Crippen MR) is 110 cm³/mol. The first-order chi connectivity index (χ1) is 13.8. The number of aryl methyl sites for hydroxylation is 1. The molecule has 1 saturated carbocycles. The van der Waals surface area contributed by atoms with E-state index in [0.29, 0.717) is 29.4 Å². The minimum absolute atomic E-state index is 0.0315. The molecule has 1 amide bonds. The van der Waals surface area contributed by atoms with Crippen LogP contribution in [0.2, 0.25) is 0 Å². The second kappa shape index (κ2) is 8.94. The van der Waals surface area contributed by atoms with E-state index in [0.717, 1.165) is 38.5 Å². The number of benzene rings is 1. The zero-order valence-electron chi connectivity index (χ0n) is 16.9. The van der Waals surface area contributed by atoms with Crippen molar-refractivity contribution in [3.8, 4) is 0 Å². The molecule has 0 atom stereocenters. The third-order valence-electron chi connectivity index (χ3n) is 5.14. The zero-order valence-corrected chi connectivity index (χ0v) is 17.7. The molecule has 1 fully saturated rings. The molecule has 158 valence electrons. The smallest absolute Gasteiger partial charge is 0.252 e. The Balaban J connectivity index is 1.84. The molecule has 9 heteroatoms. The van der Waals surface area contributed by atoms with Crippen LogP contribution in [0.1, 0.15) is 73.9 Å². The molecule has 0 unspecified atom stereocenters. The summed E-state index contributed by atoms with van der Waals surface area (Å²) >= 11 is 0. The van der Waals surface area contributed by atoms with Crippen molar-refractivity contribution >= 4 is 21.6 Å². The standard InChI is InChI=1S/C20H28N4O4S/c1-3-13-29(26,27)24-17-10-8-9-16(14-17)18(25)22-20(11-6-4-5-7-12-20)19-21-15(2)28-23-19/h8-10,14,24H,3-7,11-13H2,1-2H3,(H,22,25). The fraction of sp³-hybridized carbons (Fsp3) is 0.550. The van der Waals surface area contributed by atoms with E-state index in [2.05, 4.69) is 20.2 Å². The number of hydrogen-bond donors (Lipinski definition) is 2. The Labute approximate surface area is 171 Å². The van der Waals surface area contributed by atoms with Crippen LogP contribution in [0.3, 0.4) is 0 Å². The van der Waals surface area contributed by atoms with Crippen LogP contribution in [-0.2, 0) is 15.6 Å². The summed E-state index contributed by atoms with van der Waals surface area (Å²) < 4.78 is 31.8. The van der Waals surface area contributed by atoms with E-state index < -0.39 is 15.6 Å². The Hall–Kier alpha value is -2.42. The van der Waals surface area contributed by atoms with Gasteiger partial charge in [0.1, 0.15) is 5.54 Å². The SMILES string of the molecule is CCCS(=O)(=O)Nc1cccc(C(=O)NC2(c3noc(C)n3)CCCCCC2)c1. The number of aromatic nitrogens is 2. The van der Waals surface area contributed by atoms with Crippen LogP contribution < -0.4 is 10.0 Å². The van der Waals surface area contributed by atoms with Gasteiger partial charge in [-0.05, 0) is 37.5 Å². The molecule has 2 N–H and O–H groups in total. The van der Waals surface area contributed by atoms with Gasteiger partial charge in [-0.1, -0.05) is 43.8 Å². The van der Waals surface area contributed by atoms with Gasteiger partial charge in [-0.15, -0.1) is 0 Å². The molecular formula is C20H28N4O4S. The summed E-state index contributed by atoms with van der Waals surface area (Å²) in [6.45, 7) is 3.53. The van der Waals surface area contributed by atoms with E-state index in [4.69, 9.17) is 4.52 Å². The van der Waals surface area contributed by atoms with Gasteiger partial charge < -0.3 is 9.84 Å². The van der Waals surface area contributed by atoms with Crippen LogP contribution >= 0.6 is 0 Å². The molecule has 1 heterocycles. The van der Waals surface area contributed by atoms with Gasteiger partial charge in [-0.2, -0.15) is 4.98 Å². The largest absolute Gasteiger partial charge is 0.340 e. The van der Waals surface area contributed by atoms with Gasteiger partial charge in [0.15, 0.2) is 5.82 Å². The molecule has 29 heavy (non-hydrogen) atoms. The molecule has 1 aliphatic carbocycles. The topological polar surface area (TPSA) is 114 Å². The fourth-order valence-electron chi connectivity index (χ4n) is 3.74. The lowest BCUT2D eigenvalue weighted by atomic mass is 9.88. The molecule has 2 aromatic rings. The summed E-state index contributed by atoms with van der Waals surface area (Å²) in [5.41, 5.74) is 0.0743. The van der Waals surface area contributed by atoms with Crippen LogP contribution in [0.4, 0.5) is 5.69 Å². The quantitative estimate of drug-likeness (QED) is 0.663. The Morgan fingerprint density at radius 1 is 1.21 bits per heavy atom. The van der Waals surface area contributed by atoms with Gasteiger partial charge in [0.2, 0.25) is 15.9 Å². The van der Waals surface area contributed by atoms with Crippen LogP contribution in [0.25, 0.3) is 0 Å². The highest BCUT2D eigenvalue weighted by Crippen LogP contribution is 2.35. The van der Waals surface area contributed by atoms with Crippen LogP contribution in [0, 0.1) is 6.92 Å². The molecule has 1 aliphatic rings. The highest BCUT2D eigenvalue weighted by Gasteiger charge is 2.39. The summed E-state index contributed by atoms with van der Waals surface area (Å²) in [4.78, 5) is 17.5. The molecule has 8 nitrogen and oxygen atoms in total. The number of sulfonamides is 1. The number of anilines is 1. The molecule has 0 aliphatic heterocycles. The summed E-state index contributed by atoms with van der Waals surface area (Å²) in [7, 11) is -3.43. The summed E-state index contributed by atoms with van der Waals surface area (Å²) in [6, 6.07) is 6.51. The van der Waals surface area contributed by atoms with E-state index in [-0.39, 0.29) is 11.7 Å². The average molecular weight is 421 g/mol. The molecule has 0 bridgehead atoms. The first-order valence-electron chi connectivity index (χ1n) is 10.1. The molecule has 0 radical (unpaired) electrons. The zero-order chi connectivity index (χ0) is 20.9. The molecular weight excluding hydrogens is 392 g/mol. The van der Waals surface area contributed by atoms with Gasteiger partial charge in [-0.3, -0.25) is 9.52 Å². The highest BCUT2D eigenvalue weighted by molar-refractivity contribution is 7.92. The van der Waals surface area contributed by atoms with Crippen molar-refractivity contribution in [2.45, 2.75) is 64.3 Å². The number of amides is 1. The summed E-state index contributed by atoms with van der Waals surface area (Å²) in [5, 5.41) is 7.23. The van der Waals surface area contributed by atoms with Gasteiger partial charge >= 0.3 is 0 Å². The van der Waals surface area contributed by atoms with Gasteiger partial charge in [-0.25, -0.2) is 8.42 Å².